The Bertz CT molecular complexity index is 1190. The summed E-state index contributed by atoms with van der Waals surface area (Å²) in [7, 11) is 0. The topological polar surface area (TPSA) is 69.3 Å². The average Bonchev–Trinajstić information content (AvgIpc) is 3.42. The molecule has 164 valence electrons. The van der Waals surface area contributed by atoms with Crippen molar-refractivity contribution >= 4 is 11.6 Å². The highest BCUT2D eigenvalue weighted by molar-refractivity contribution is 6.02. The number of furan rings is 1. The van der Waals surface area contributed by atoms with E-state index in [1.54, 1.807) is 29.2 Å². The number of carbonyl (C=O) groups is 1. The molecule has 0 aliphatic heterocycles. The number of amides is 1. The van der Waals surface area contributed by atoms with Crippen LogP contribution in [0, 0.1) is 6.92 Å². The van der Waals surface area contributed by atoms with Crippen LogP contribution in [-0.2, 0) is 13.2 Å². The minimum Gasteiger partial charge on any atom is -0.486 e. The van der Waals surface area contributed by atoms with E-state index in [0.717, 1.165) is 11.3 Å². The third kappa shape index (κ3) is 5.46. The molecule has 0 saturated carbocycles. The second-order valence-electron chi connectivity index (χ2n) is 8.15. The number of anilines is 1. The van der Waals surface area contributed by atoms with Crippen LogP contribution in [0.2, 0.25) is 0 Å². The molecule has 2 heterocycles. The summed E-state index contributed by atoms with van der Waals surface area (Å²) in [6.07, 6.45) is 3.43. The van der Waals surface area contributed by atoms with E-state index in [2.05, 4.69) is 61.5 Å². The van der Waals surface area contributed by atoms with E-state index in [9.17, 15) is 4.79 Å². The quantitative estimate of drug-likeness (QED) is 0.385. The SMILES string of the molecule is Cc1cccc(Cn2cc(NC(=O)c3ccc(COc4ccc(C(C)C)cc4)o3)cn2)c1. The molecule has 4 rings (SSSR count). The second-order valence-corrected chi connectivity index (χ2v) is 8.15. The van der Waals surface area contributed by atoms with Gasteiger partial charge in [0.1, 0.15) is 18.1 Å². The maximum Gasteiger partial charge on any atom is 0.291 e. The van der Waals surface area contributed by atoms with E-state index in [-0.39, 0.29) is 18.3 Å². The molecular weight excluding hydrogens is 402 g/mol. The van der Waals surface area contributed by atoms with Gasteiger partial charge in [0.2, 0.25) is 0 Å². The number of hydrogen-bond acceptors (Lipinski definition) is 4. The summed E-state index contributed by atoms with van der Waals surface area (Å²) < 4.78 is 13.2. The molecule has 1 N–H and O–H groups in total. The van der Waals surface area contributed by atoms with Crippen LogP contribution in [0.25, 0.3) is 0 Å². The zero-order chi connectivity index (χ0) is 22.5. The van der Waals surface area contributed by atoms with Gasteiger partial charge in [0.15, 0.2) is 5.76 Å². The first-order chi connectivity index (χ1) is 15.5. The first kappa shape index (κ1) is 21.4. The van der Waals surface area contributed by atoms with Crippen molar-refractivity contribution in [1.82, 2.24) is 9.78 Å². The lowest BCUT2D eigenvalue weighted by Crippen LogP contribution is -2.10. The van der Waals surface area contributed by atoms with Crippen molar-refractivity contribution in [2.75, 3.05) is 5.32 Å². The van der Waals surface area contributed by atoms with E-state index in [4.69, 9.17) is 9.15 Å². The minimum absolute atomic E-state index is 0.227. The molecule has 0 fully saturated rings. The number of rotatable bonds is 8. The van der Waals surface area contributed by atoms with Crippen LogP contribution in [-0.4, -0.2) is 15.7 Å². The van der Waals surface area contributed by atoms with Crippen molar-refractivity contribution < 1.29 is 13.9 Å². The maximum absolute atomic E-state index is 12.5. The number of hydrogen-bond donors (Lipinski definition) is 1. The molecule has 2 aromatic carbocycles. The Kier molecular flexibility index (Phi) is 6.40. The van der Waals surface area contributed by atoms with Gasteiger partial charge in [-0.25, -0.2) is 0 Å². The lowest BCUT2D eigenvalue weighted by Gasteiger charge is -2.08. The molecule has 0 unspecified atom stereocenters. The number of ether oxygens (including phenoxy) is 1. The largest absolute Gasteiger partial charge is 0.486 e. The van der Waals surface area contributed by atoms with Crippen molar-refractivity contribution in [3.05, 3.63) is 101 Å². The average molecular weight is 430 g/mol. The van der Waals surface area contributed by atoms with Gasteiger partial charge in [-0.15, -0.1) is 0 Å². The molecule has 0 aliphatic rings. The zero-order valence-electron chi connectivity index (χ0n) is 18.5. The third-order valence-corrected chi connectivity index (χ3v) is 5.13. The van der Waals surface area contributed by atoms with E-state index >= 15 is 0 Å². The smallest absolute Gasteiger partial charge is 0.291 e. The van der Waals surface area contributed by atoms with Crippen molar-refractivity contribution in [2.45, 2.75) is 39.8 Å². The Labute approximate surface area is 187 Å². The van der Waals surface area contributed by atoms with Crippen LogP contribution < -0.4 is 10.1 Å². The summed E-state index contributed by atoms with van der Waals surface area (Å²) in [5.74, 6) is 1.72. The Morgan fingerprint density at radius 3 is 2.69 bits per heavy atom. The van der Waals surface area contributed by atoms with Crippen LogP contribution in [0.4, 0.5) is 5.69 Å². The summed E-state index contributed by atoms with van der Waals surface area (Å²) in [5.41, 5.74) is 4.23. The van der Waals surface area contributed by atoms with Gasteiger partial charge in [-0.3, -0.25) is 9.48 Å². The summed E-state index contributed by atoms with van der Waals surface area (Å²) in [6.45, 7) is 7.25. The maximum atomic E-state index is 12.5. The normalized spacial score (nSPS) is 11.0. The molecule has 1 amide bonds. The lowest BCUT2D eigenvalue weighted by atomic mass is 10.0. The van der Waals surface area contributed by atoms with Crippen molar-refractivity contribution in [2.24, 2.45) is 0 Å². The fraction of sp³-hybridized carbons (Fsp3) is 0.231. The fourth-order valence-electron chi connectivity index (χ4n) is 3.39. The van der Waals surface area contributed by atoms with Gasteiger partial charge in [0, 0.05) is 6.20 Å². The van der Waals surface area contributed by atoms with Gasteiger partial charge in [0.25, 0.3) is 5.91 Å². The Morgan fingerprint density at radius 2 is 1.94 bits per heavy atom. The van der Waals surface area contributed by atoms with Crippen molar-refractivity contribution in [3.8, 4) is 5.75 Å². The number of aromatic nitrogens is 2. The number of nitrogens with one attached hydrogen (secondary N) is 1. The highest BCUT2D eigenvalue weighted by Gasteiger charge is 2.13. The van der Waals surface area contributed by atoms with Crippen molar-refractivity contribution in [3.63, 3.8) is 0 Å². The van der Waals surface area contributed by atoms with Crippen LogP contribution >= 0.6 is 0 Å². The standard InChI is InChI=1S/C26H27N3O3/c1-18(2)21-7-9-23(10-8-21)31-17-24-11-12-25(32-24)26(30)28-22-14-27-29(16-22)15-20-6-4-5-19(3)13-20/h4-14,16,18H,15,17H2,1-3H3,(H,28,30). The molecule has 6 nitrogen and oxygen atoms in total. The Balaban J connectivity index is 1.31. The van der Waals surface area contributed by atoms with E-state index in [0.29, 0.717) is 23.9 Å². The highest BCUT2D eigenvalue weighted by atomic mass is 16.5. The van der Waals surface area contributed by atoms with Gasteiger partial charge in [-0.05, 0) is 48.2 Å². The van der Waals surface area contributed by atoms with E-state index in [1.807, 2.05) is 18.2 Å². The monoisotopic (exact) mass is 429 g/mol. The van der Waals surface area contributed by atoms with Gasteiger partial charge < -0.3 is 14.5 Å². The number of aryl methyl sites for hydroxylation is 1. The lowest BCUT2D eigenvalue weighted by molar-refractivity contribution is 0.0992. The van der Waals surface area contributed by atoms with Gasteiger partial charge in [0.05, 0.1) is 18.4 Å². The van der Waals surface area contributed by atoms with Crippen LogP contribution in [0.3, 0.4) is 0 Å². The molecule has 0 bridgehead atoms. The first-order valence-electron chi connectivity index (χ1n) is 10.7. The van der Waals surface area contributed by atoms with E-state index in [1.165, 1.54) is 11.1 Å². The molecule has 2 aromatic heterocycles. The number of benzene rings is 2. The predicted molar refractivity (Wildman–Crippen MR) is 124 cm³/mol. The molecule has 4 aromatic rings. The molecule has 0 spiro atoms. The van der Waals surface area contributed by atoms with Crippen LogP contribution in [0.15, 0.2) is 77.5 Å². The van der Waals surface area contributed by atoms with Crippen molar-refractivity contribution in [1.29, 1.82) is 0 Å². The molecule has 6 heteroatoms. The van der Waals surface area contributed by atoms with Crippen LogP contribution in [0.1, 0.15) is 52.8 Å². The molecule has 0 radical (unpaired) electrons. The first-order valence-corrected chi connectivity index (χ1v) is 10.7. The Hall–Kier alpha value is -3.80. The number of carbonyl (C=O) groups excluding carboxylic acids is 1. The Morgan fingerprint density at radius 1 is 1.12 bits per heavy atom. The van der Waals surface area contributed by atoms with E-state index < -0.39 is 0 Å². The summed E-state index contributed by atoms with van der Waals surface area (Å²) in [4.78, 5) is 12.5. The van der Waals surface area contributed by atoms with Gasteiger partial charge in [-0.2, -0.15) is 5.10 Å². The molecule has 0 atom stereocenters. The molecular formula is C26H27N3O3. The minimum atomic E-state index is -0.326. The highest BCUT2D eigenvalue weighted by Crippen LogP contribution is 2.20. The fourth-order valence-corrected chi connectivity index (χ4v) is 3.39. The third-order valence-electron chi connectivity index (χ3n) is 5.13. The summed E-state index contributed by atoms with van der Waals surface area (Å²) in [6, 6.07) is 19.6. The summed E-state index contributed by atoms with van der Waals surface area (Å²) in [5, 5.41) is 7.15. The molecule has 0 saturated heterocycles. The number of nitrogens with zero attached hydrogens (tertiary/aromatic N) is 2. The second kappa shape index (κ2) is 9.56. The molecule has 0 aliphatic carbocycles. The predicted octanol–water partition coefficient (Wildman–Crippen LogP) is 5.79. The van der Waals surface area contributed by atoms with Crippen LogP contribution in [0.5, 0.6) is 5.75 Å². The zero-order valence-corrected chi connectivity index (χ0v) is 18.5. The van der Waals surface area contributed by atoms with Gasteiger partial charge >= 0.3 is 0 Å². The summed E-state index contributed by atoms with van der Waals surface area (Å²) >= 11 is 0. The van der Waals surface area contributed by atoms with Gasteiger partial charge in [-0.1, -0.05) is 55.8 Å². The molecule has 32 heavy (non-hydrogen) atoms.